The van der Waals surface area contributed by atoms with E-state index < -0.39 is 0 Å². The fourth-order valence-electron chi connectivity index (χ4n) is 2.71. The van der Waals surface area contributed by atoms with Gasteiger partial charge in [-0.2, -0.15) is 0 Å². The topological polar surface area (TPSA) is 18.5 Å². The first-order chi connectivity index (χ1) is 8.37. The van der Waals surface area contributed by atoms with Gasteiger partial charge in [-0.1, -0.05) is 0 Å². The van der Waals surface area contributed by atoms with Crippen LogP contribution in [0.5, 0.6) is 11.5 Å². The Morgan fingerprint density at radius 2 is 1.78 bits per heavy atom. The van der Waals surface area contributed by atoms with Crippen LogP contribution in [0.25, 0.3) is 0 Å². The lowest BCUT2D eigenvalue weighted by molar-refractivity contribution is 0.0831. The molecule has 0 unspecified atom stereocenters. The van der Waals surface area contributed by atoms with E-state index in [2.05, 4.69) is 34.6 Å². The van der Waals surface area contributed by atoms with E-state index in [-0.39, 0.29) is 5.60 Å². The van der Waals surface area contributed by atoms with E-state index in [0.717, 1.165) is 24.3 Å². The smallest absolute Gasteiger partial charge is 0.127 e. The number of hydrogen-bond acceptors (Lipinski definition) is 2. The van der Waals surface area contributed by atoms with Crippen molar-refractivity contribution < 1.29 is 9.47 Å². The molecule has 0 radical (unpaired) electrons. The van der Waals surface area contributed by atoms with Gasteiger partial charge in [0.1, 0.15) is 17.1 Å². The van der Waals surface area contributed by atoms with Crippen LogP contribution >= 0.6 is 0 Å². The van der Waals surface area contributed by atoms with Gasteiger partial charge in [0.2, 0.25) is 0 Å². The average Bonchev–Trinajstić information content (AvgIpc) is 2.31. The monoisotopic (exact) mass is 248 g/mol. The molecule has 0 saturated heterocycles. The van der Waals surface area contributed by atoms with Crippen molar-refractivity contribution in [3.8, 4) is 11.5 Å². The maximum atomic E-state index is 6.19. The molecule has 0 saturated carbocycles. The SMILES string of the molecule is CCOc1c(C)c(C)c2c(c1C)CCC(C)(C)O2. The Hall–Kier alpha value is -1.18. The zero-order valence-electron chi connectivity index (χ0n) is 12.4. The van der Waals surface area contributed by atoms with Crippen molar-refractivity contribution in [1.29, 1.82) is 0 Å². The molecule has 1 aliphatic heterocycles. The molecule has 1 aromatic rings. The molecule has 0 atom stereocenters. The van der Waals surface area contributed by atoms with Gasteiger partial charge in [-0.05, 0) is 71.1 Å². The Morgan fingerprint density at radius 3 is 2.39 bits per heavy atom. The summed E-state index contributed by atoms with van der Waals surface area (Å²) in [6.07, 6.45) is 2.14. The fraction of sp³-hybridized carbons (Fsp3) is 0.625. The summed E-state index contributed by atoms with van der Waals surface area (Å²) < 4.78 is 12.0. The van der Waals surface area contributed by atoms with Crippen molar-refractivity contribution in [2.45, 2.75) is 60.0 Å². The molecule has 0 aromatic heterocycles. The molecule has 0 aliphatic carbocycles. The van der Waals surface area contributed by atoms with Gasteiger partial charge in [0, 0.05) is 5.56 Å². The van der Waals surface area contributed by atoms with Gasteiger partial charge in [-0.3, -0.25) is 0 Å². The largest absolute Gasteiger partial charge is 0.493 e. The van der Waals surface area contributed by atoms with Gasteiger partial charge in [0.05, 0.1) is 6.61 Å². The summed E-state index contributed by atoms with van der Waals surface area (Å²) in [6.45, 7) is 13.5. The normalized spacial score (nSPS) is 17.0. The predicted octanol–water partition coefficient (Wildman–Crippen LogP) is 4.11. The molecule has 0 bridgehead atoms. The zero-order chi connectivity index (χ0) is 13.5. The van der Waals surface area contributed by atoms with Gasteiger partial charge in [-0.25, -0.2) is 0 Å². The molecule has 1 aliphatic rings. The molecule has 0 fully saturated rings. The number of rotatable bonds is 2. The predicted molar refractivity (Wildman–Crippen MR) is 74.9 cm³/mol. The molecule has 0 amide bonds. The molecule has 2 rings (SSSR count). The van der Waals surface area contributed by atoms with Crippen LogP contribution in [-0.4, -0.2) is 12.2 Å². The third-order valence-electron chi connectivity index (χ3n) is 3.96. The molecule has 1 heterocycles. The van der Waals surface area contributed by atoms with Gasteiger partial charge in [0.15, 0.2) is 0 Å². The van der Waals surface area contributed by atoms with E-state index in [1.165, 1.54) is 22.3 Å². The van der Waals surface area contributed by atoms with E-state index in [0.29, 0.717) is 6.61 Å². The minimum atomic E-state index is -0.0518. The Kier molecular flexibility index (Phi) is 3.31. The summed E-state index contributed by atoms with van der Waals surface area (Å²) >= 11 is 0. The first-order valence-corrected chi connectivity index (χ1v) is 6.82. The maximum Gasteiger partial charge on any atom is 0.127 e. The summed E-state index contributed by atoms with van der Waals surface area (Å²) in [5.41, 5.74) is 4.98. The van der Waals surface area contributed by atoms with Gasteiger partial charge in [0.25, 0.3) is 0 Å². The maximum absolute atomic E-state index is 6.19. The minimum Gasteiger partial charge on any atom is -0.493 e. The Bertz CT molecular complexity index is 473. The third kappa shape index (κ3) is 2.09. The van der Waals surface area contributed by atoms with Gasteiger partial charge in [-0.15, -0.1) is 0 Å². The lowest BCUT2D eigenvalue weighted by Crippen LogP contribution is -2.33. The lowest BCUT2D eigenvalue weighted by Gasteiger charge is -2.35. The molecule has 18 heavy (non-hydrogen) atoms. The lowest BCUT2D eigenvalue weighted by atomic mass is 9.88. The summed E-state index contributed by atoms with van der Waals surface area (Å²) in [6, 6.07) is 0. The highest BCUT2D eigenvalue weighted by Crippen LogP contribution is 2.43. The van der Waals surface area contributed by atoms with Crippen molar-refractivity contribution in [2.24, 2.45) is 0 Å². The highest BCUT2D eigenvalue weighted by Gasteiger charge is 2.30. The molecule has 2 heteroatoms. The average molecular weight is 248 g/mol. The summed E-state index contributed by atoms with van der Waals surface area (Å²) in [4.78, 5) is 0. The molecular formula is C16H24O2. The molecule has 0 N–H and O–H groups in total. The van der Waals surface area contributed by atoms with Crippen LogP contribution in [0.2, 0.25) is 0 Å². The Morgan fingerprint density at radius 1 is 1.11 bits per heavy atom. The van der Waals surface area contributed by atoms with Crippen molar-refractivity contribution in [3.63, 3.8) is 0 Å². The Balaban J connectivity index is 2.59. The third-order valence-corrected chi connectivity index (χ3v) is 3.96. The molecule has 100 valence electrons. The standard InChI is InChI=1S/C16H24O2/c1-7-17-14-10(2)11(3)15-13(12(14)4)8-9-16(5,6)18-15/h7-9H2,1-6H3. The second-order valence-corrected chi connectivity index (χ2v) is 5.81. The van der Waals surface area contributed by atoms with Crippen LogP contribution in [-0.2, 0) is 6.42 Å². The summed E-state index contributed by atoms with van der Waals surface area (Å²) in [7, 11) is 0. The van der Waals surface area contributed by atoms with Gasteiger partial charge >= 0.3 is 0 Å². The zero-order valence-corrected chi connectivity index (χ0v) is 12.4. The Labute approximate surface area is 110 Å². The highest BCUT2D eigenvalue weighted by atomic mass is 16.5. The fourth-order valence-corrected chi connectivity index (χ4v) is 2.71. The van der Waals surface area contributed by atoms with Crippen LogP contribution in [0.3, 0.4) is 0 Å². The molecule has 1 aromatic carbocycles. The van der Waals surface area contributed by atoms with E-state index in [1.807, 2.05) is 6.92 Å². The first kappa shape index (κ1) is 13.3. The van der Waals surface area contributed by atoms with Crippen molar-refractivity contribution in [3.05, 3.63) is 22.3 Å². The van der Waals surface area contributed by atoms with Crippen LogP contribution in [0.4, 0.5) is 0 Å². The molecular weight excluding hydrogens is 224 g/mol. The van der Waals surface area contributed by atoms with E-state index in [1.54, 1.807) is 0 Å². The second kappa shape index (κ2) is 4.49. The first-order valence-electron chi connectivity index (χ1n) is 6.82. The molecule has 0 spiro atoms. The summed E-state index contributed by atoms with van der Waals surface area (Å²) in [5.74, 6) is 2.14. The van der Waals surface area contributed by atoms with Crippen LogP contribution < -0.4 is 9.47 Å². The van der Waals surface area contributed by atoms with E-state index in [9.17, 15) is 0 Å². The number of hydrogen-bond donors (Lipinski definition) is 0. The number of ether oxygens (including phenoxy) is 2. The quantitative estimate of drug-likeness (QED) is 0.784. The van der Waals surface area contributed by atoms with Gasteiger partial charge < -0.3 is 9.47 Å². The minimum absolute atomic E-state index is 0.0518. The van der Waals surface area contributed by atoms with E-state index >= 15 is 0 Å². The second-order valence-electron chi connectivity index (χ2n) is 5.81. The molecule has 2 nitrogen and oxygen atoms in total. The van der Waals surface area contributed by atoms with Crippen LogP contribution in [0, 0.1) is 20.8 Å². The van der Waals surface area contributed by atoms with Crippen molar-refractivity contribution in [2.75, 3.05) is 6.61 Å². The van der Waals surface area contributed by atoms with Crippen molar-refractivity contribution >= 4 is 0 Å². The summed E-state index contributed by atoms with van der Waals surface area (Å²) in [5, 5.41) is 0. The van der Waals surface area contributed by atoms with Crippen molar-refractivity contribution in [1.82, 2.24) is 0 Å². The highest BCUT2D eigenvalue weighted by molar-refractivity contribution is 5.58. The number of fused-ring (bicyclic) bond motifs is 1. The van der Waals surface area contributed by atoms with Crippen LogP contribution in [0.15, 0.2) is 0 Å². The number of benzene rings is 1. The van der Waals surface area contributed by atoms with Crippen LogP contribution in [0.1, 0.15) is 49.4 Å². The van der Waals surface area contributed by atoms with E-state index in [4.69, 9.17) is 9.47 Å².